The van der Waals surface area contributed by atoms with Crippen LogP contribution in [0.15, 0.2) is 52.4 Å². The summed E-state index contributed by atoms with van der Waals surface area (Å²) in [7, 11) is -0.929. The molecule has 1 aromatic heterocycles. The zero-order chi connectivity index (χ0) is 26.6. The molecule has 36 heavy (non-hydrogen) atoms. The van der Waals surface area contributed by atoms with Gasteiger partial charge in [-0.25, -0.2) is 13.2 Å². The monoisotopic (exact) mass is 533 g/mol. The molecule has 0 aliphatic carbocycles. The van der Waals surface area contributed by atoms with Crippen LogP contribution in [0.1, 0.15) is 41.5 Å². The molecule has 192 valence electrons. The molecule has 0 saturated carbocycles. The van der Waals surface area contributed by atoms with Crippen molar-refractivity contribution in [3.63, 3.8) is 0 Å². The van der Waals surface area contributed by atoms with Gasteiger partial charge in [-0.1, -0.05) is 11.3 Å². The van der Waals surface area contributed by atoms with Crippen LogP contribution in [-0.2, 0) is 30.8 Å². The van der Waals surface area contributed by atoms with Gasteiger partial charge in [-0.3, -0.25) is 9.59 Å². The Morgan fingerprint density at radius 3 is 2.31 bits per heavy atom. The number of carbonyl (C=O) groups is 3. The van der Waals surface area contributed by atoms with Gasteiger partial charge in [-0.15, -0.1) is 0 Å². The van der Waals surface area contributed by atoms with Crippen molar-refractivity contribution in [1.29, 1.82) is 0 Å². The molecule has 0 atom stereocenters. The average molecular weight is 534 g/mol. The van der Waals surface area contributed by atoms with Crippen LogP contribution in [0.5, 0.6) is 0 Å². The maximum Gasteiger partial charge on any atom is 0.337 e. The van der Waals surface area contributed by atoms with Crippen LogP contribution >= 0.6 is 11.3 Å². The van der Waals surface area contributed by atoms with Crippen LogP contribution in [0.4, 0.5) is 0 Å². The third kappa shape index (κ3) is 5.72. The van der Waals surface area contributed by atoms with Crippen molar-refractivity contribution in [1.82, 2.24) is 8.87 Å². The lowest BCUT2D eigenvalue weighted by molar-refractivity contribution is -0.143. The largest absolute Gasteiger partial charge is 0.465 e. The maximum atomic E-state index is 13.0. The standard InChI is InChI=1S/C24H27N3O7S2/c1-6-34-21(28)14-27-19-12-9-17(23(30)33-5)13-20(19)35-24(27)25-22(29)16-7-10-18(11-8-16)36(31,32)26(4)15(2)3/h7-13,15H,6,14H2,1-5H3. The minimum Gasteiger partial charge on any atom is -0.465 e. The molecular formula is C24H27N3O7S2. The van der Waals surface area contributed by atoms with E-state index in [0.29, 0.717) is 15.8 Å². The van der Waals surface area contributed by atoms with Crippen LogP contribution in [-0.4, -0.2) is 61.9 Å². The van der Waals surface area contributed by atoms with Crippen LogP contribution in [0, 0.1) is 0 Å². The Kier molecular flexibility index (Phi) is 8.43. The fourth-order valence-corrected chi connectivity index (χ4v) is 5.69. The van der Waals surface area contributed by atoms with E-state index in [1.807, 2.05) is 0 Å². The molecule has 0 saturated heterocycles. The summed E-state index contributed by atoms with van der Waals surface area (Å²) in [5.74, 6) is -1.64. The van der Waals surface area contributed by atoms with Crippen LogP contribution < -0.4 is 4.80 Å². The molecule has 1 amide bonds. The van der Waals surface area contributed by atoms with Gasteiger partial charge >= 0.3 is 11.9 Å². The quantitative estimate of drug-likeness (QED) is 0.408. The predicted octanol–water partition coefficient (Wildman–Crippen LogP) is 2.82. The summed E-state index contributed by atoms with van der Waals surface area (Å²) in [6.07, 6.45) is 0. The first-order valence-electron chi connectivity index (χ1n) is 11.0. The summed E-state index contributed by atoms with van der Waals surface area (Å²) in [6, 6.07) is 10.1. The van der Waals surface area contributed by atoms with E-state index < -0.39 is 27.9 Å². The number of hydrogen-bond acceptors (Lipinski definition) is 8. The molecule has 0 aliphatic rings. The van der Waals surface area contributed by atoms with E-state index in [0.717, 1.165) is 11.3 Å². The third-order valence-electron chi connectivity index (χ3n) is 5.40. The zero-order valence-corrected chi connectivity index (χ0v) is 22.2. The smallest absolute Gasteiger partial charge is 0.337 e. The van der Waals surface area contributed by atoms with Gasteiger partial charge in [0, 0.05) is 18.7 Å². The van der Waals surface area contributed by atoms with E-state index >= 15 is 0 Å². The zero-order valence-electron chi connectivity index (χ0n) is 20.5. The van der Waals surface area contributed by atoms with Crippen LogP contribution in [0.3, 0.4) is 0 Å². The molecule has 10 nitrogen and oxygen atoms in total. The SMILES string of the molecule is CCOC(=O)Cn1c(=NC(=O)c2ccc(S(=O)(=O)N(C)C(C)C)cc2)sc2cc(C(=O)OC)ccc21. The van der Waals surface area contributed by atoms with Crippen molar-refractivity contribution < 1.29 is 32.3 Å². The number of carbonyl (C=O) groups excluding carboxylic acids is 3. The third-order valence-corrected chi connectivity index (χ3v) is 8.49. The fourth-order valence-electron chi connectivity index (χ4n) is 3.26. The van der Waals surface area contributed by atoms with Gasteiger partial charge < -0.3 is 14.0 Å². The van der Waals surface area contributed by atoms with Gasteiger partial charge in [0.2, 0.25) is 10.0 Å². The number of aromatic nitrogens is 1. The number of esters is 2. The summed E-state index contributed by atoms with van der Waals surface area (Å²) >= 11 is 1.12. The molecule has 1 heterocycles. The molecule has 0 aliphatic heterocycles. The Balaban J connectivity index is 2.04. The number of ether oxygens (including phenoxy) is 2. The highest BCUT2D eigenvalue weighted by atomic mass is 32.2. The maximum absolute atomic E-state index is 13.0. The first-order valence-corrected chi connectivity index (χ1v) is 13.3. The minimum atomic E-state index is -3.70. The molecule has 3 rings (SSSR count). The lowest BCUT2D eigenvalue weighted by atomic mass is 10.2. The number of hydrogen-bond donors (Lipinski definition) is 0. The fraction of sp³-hybridized carbons (Fsp3) is 0.333. The molecule has 12 heteroatoms. The Hall–Kier alpha value is -3.35. The number of amides is 1. The summed E-state index contributed by atoms with van der Waals surface area (Å²) in [5.41, 5.74) is 1.08. The van der Waals surface area contributed by atoms with E-state index in [-0.39, 0.29) is 34.5 Å². The molecule has 3 aromatic rings. The normalized spacial score (nSPS) is 12.4. The molecule has 0 fully saturated rings. The van der Waals surface area contributed by atoms with Gasteiger partial charge in [0.05, 0.1) is 34.4 Å². The Morgan fingerprint density at radius 2 is 1.72 bits per heavy atom. The second kappa shape index (κ2) is 11.1. The number of nitrogens with zero attached hydrogens (tertiary/aromatic N) is 3. The number of fused-ring (bicyclic) bond motifs is 1. The highest BCUT2D eigenvalue weighted by Gasteiger charge is 2.23. The van der Waals surface area contributed by atoms with Gasteiger partial charge in [0.15, 0.2) is 4.80 Å². The van der Waals surface area contributed by atoms with Crippen LogP contribution in [0.2, 0.25) is 0 Å². The second-order valence-electron chi connectivity index (χ2n) is 8.01. The molecule has 0 bridgehead atoms. The number of methoxy groups -OCH3 is 1. The van der Waals surface area contributed by atoms with Gasteiger partial charge in [0.1, 0.15) is 6.54 Å². The topological polar surface area (TPSA) is 124 Å². The van der Waals surface area contributed by atoms with E-state index in [1.54, 1.807) is 39.0 Å². The molecule has 0 unspecified atom stereocenters. The van der Waals surface area contributed by atoms with Crippen molar-refractivity contribution in [2.45, 2.75) is 38.3 Å². The molecule has 2 aromatic carbocycles. The molecule has 0 spiro atoms. The van der Waals surface area contributed by atoms with E-state index in [4.69, 9.17) is 9.47 Å². The van der Waals surface area contributed by atoms with Crippen LogP contribution in [0.25, 0.3) is 10.2 Å². The molecular weight excluding hydrogens is 506 g/mol. The average Bonchev–Trinajstić information content (AvgIpc) is 3.18. The van der Waals surface area contributed by atoms with Crippen molar-refractivity contribution in [2.24, 2.45) is 4.99 Å². The van der Waals surface area contributed by atoms with E-state index in [9.17, 15) is 22.8 Å². The van der Waals surface area contributed by atoms with Gasteiger partial charge in [-0.05, 0) is 63.2 Å². The summed E-state index contributed by atoms with van der Waals surface area (Å²) in [4.78, 5) is 41.6. The van der Waals surface area contributed by atoms with Crippen molar-refractivity contribution >= 4 is 49.4 Å². The number of sulfonamides is 1. The summed E-state index contributed by atoms with van der Waals surface area (Å²) < 4.78 is 38.6. The summed E-state index contributed by atoms with van der Waals surface area (Å²) in [5, 5.41) is 0. The van der Waals surface area contributed by atoms with E-state index in [1.165, 1.54) is 47.3 Å². The van der Waals surface area contributed by atoms with Gasteiger partial charge in [-0.2, -0.15) is 9.30 Å². The highest BCUT2D eigenvalue weighted by Crippen LogP contribution is 2.21. The Morgan fingerprint density at radius 1 is 1.08 bits per heavy atom. The molecule has 0 radical (unpaired) electrons. The van der Waals surface area contributed by atoms with Crippen molar-refractivity contribution in [2.75, 3.05) is 20.8 Å². The predicted molar refractivity (Wildman–Crippen MR) is 134 cm³/mol. The van der Waals surface area contributed by atoms with Gasteiger partial charge in [0.25, 0.3) is 5.91 Å². The molecule has 0 N–H and O–H groups in total. The highest BCUT2D eigenvalue weighted by molar-refractivity contribution is 7.89. The number of thiazole rings is 1. The van der Waals surface area contributed by atoms with E-state index in [2.05, 4.69) is 4.99 Å². The minimum absolute atomic E-state index is 0.0600. The Bertz CT molecular complexity index is 1470. The first kappa shape index (κ1) is 27.2. The number of rotatable bonds is 8. The lowest BCUT2D eigenvalue weighted by Gasteiger charge is -2.20. The van der Waals surface area contributed by atoms with Crippen molar-refractivity contribution in [3.8, 4) is 0 Å². The number of benzene rings is 2. The van der Waals surface area contributed by atoms with Crippen molar-refractivity contribution in [3.05, 3.63) is 58.4 Å². The lowest BCUT2D eigenvalue weighted by Crippen LogP contribution is -2.33. The second-order valence-corrected chi connectivity index (χ2v) is 11.0. The first-order chi connectivity index (χ1) is 17.0. The Labute approximate surface area is 212 Å². The summed E-state index contributed by atoms with van der Waals surface area (Å²) in [6.45, 7) is 5.23.